The molecular weight excluding hydrogens is 497 g/mol. The molecule has 6 nitrogen and oxygen atoms in total. The van der Waals surface area contributed by atoms with Crippen LogP contribution in [0.5, 0.6) is 5.75 Å². The average molecular weight is 529 g/mol. The maximum Gasteiger partial charge on any atom is 0.416 e. The molecule has 1 N–H and O–H groups in total. The molecule has 0 spiro atoms. The molecule has 0 saturated heterocycles. The number of esters is 1. The number of benzene rings is 2. The minimum atomic E-state index is -4.40. The molecule has 1 unspecified atom stereocenters. The van der Waals surface area contributed by atoms with Crippen LogP contribution in [0, 0.1) is 13.8 Å². The standard InChI is InChI=1S/C29H31F3N2O4/c1-7-37-27(36)28(5,6)38-25-15-10-21(16-17(25)2)18(3)26(35)34-23-13-14-24(33-19(23)4)20-8-11-22(12-9-20)29(30,31)32/h8-16,18H,7H2,1-6H3,(H,34,35). The van der Waals surface area contributed by atoms with Crippen molar-refractivity contribution in [2.45, 2.75) is 59.2 Å². The molecule has 1 aromatic heterocycles. The number of aryl methyl sites for hydroxylation is 2. The Morgan fingerprint density at radius 2 is 1.66 bits per heavy atom. The molecular formula is C29H31F3N2O4. The minimum absolute atomic E-state index is 0.253. The number of hydrogen-bond donors (Lipinski definition) is 1. The van der Waals surface area contributed by atoms with E-state index in [1.807, 2.05) is 13.0 Å². The first-order valence-electron chi connectivity index (χ1n) is 12.2. The van der Waals surface area contributed by atoms with Gasteiger partial charge in [0.05, 0.1) is 35.2 Å². The second kappa shape index (κ2) is 11.2. The number of pyridine rings is 1. The Balaban J connectivity index is 1.71. The highest BCUT2D eigenvalue weighted by Gasteiger charge is 2.32. The predicted molar refractivity (Wildman–Crippen MR) is 139 cm³/mol. The molecule has 1 amide bonds. The van der Waals surface area contributed by atoms with Gasteiger partial charge in [0.2, 0.25) is 5.91 Å². The van der Waals surface area contributed by atoms with E-state index in [2.05, 4.69) is 10.3 Å². The lowest BCUT2D eigenvalue weighted by molar-refractivity contribution is -0.158. The van der Waals surface area contributed by atoms with Gasteiger partial charge in [-0.1, -0.05) is 24.3 Å². The molecule has 3 aromatic rings. The number of amides is 1. The lowest BCUT2D eigenvalue weighted by Crippen LogP contribution is -2.39. The number of carbonyl (C=O) groups excluding carboxylic acids is 2. The lowest BCUT2D eigenvalue weighted by Gasteiger charge is -2.25. The summed E-state index contributed by atoms with van der Waals surface area (Å²) >= 11 is 0. The second-order valence-corrected chi connectivity index (χ2v) is 9.47. The Hall–Kier alpha value is -3.88. The Kier molecular flexibility index (Phi) is 8.49. The number of rotatable bonds is 8. The number of nitrogens with zero attached hydrogens (tertiary/aromatic N) is 1. The molecule has 1 atom stereocenters. The van der Waals surface area contributed by atoms with Crippen LogP contribution >= 0.6 is 0 Å². The fraction of sp³-hybridized carbons (Fsp3) is 0.345. The average Bonchev–Trinajstić information content (AvgIpc) is 2.85. The van der Waals surface area contributed by atoms with Crippen LogP contribution in [0.15, 0.2) is 54.6 Å². The molecule has 0 radical (unpaired) electrons. The van der Waals surface area contributed by atoms with Gasteiger partial charge in [-0.15, -0.1) is 0 Å². The Morgan fingerprint density at radius 1 is 1.00 bits per heavy atom. The quantitative estimate of drug-likeness (QED) is 0.324. The van der Waals surface area contributed by atoms with E-state index in [-0.39, 0.29) is 12.5 Å². The van der Waals surface area contributed by atoms with E-state index in [1.165, 1.54) is 12.1 Å². The maximum absolute atomic E-state index is 13.0. The van der Waals surface area contributed by atoms with Crippen molar-refractivity contribution in [1.29, 1.82) is 0 Å². The number of anilines is 1. The van der Waals surface area contributed by atoms with Crippen LogP contribution in [0.2, 0.25) is 0 Å². The van der Waals surface area contributed by atoms with Gasteiger partial charge in [0.1, 0.15) is 5.75 Å². The first-order chi connectivity index (χ1) is 17.7. The number of nitrogens with one attached hydrogen (secondary N) is 1. The summed E-state index contributed by atoms with van der Waals surface area (Å²) in [5, 5.41) is 2.87. The molecule has 1 heterocycles. The van der Waals surface area contributed by atoms with Gasteiger partial charge in [0, 0.05) is 5.56 Å². The van der Waals surface area contributed by atoms with Gasteiger partial charge in [-0.2, -0.15) is 13.2 Å². The van der Waals surface area contributed by atoms with E-state index < -0.39 is 29.2 Å². The molecule has 38 heavy (non-hydrogen) atoms. The summed E-state index contributed by atoms with van der Waals surface area (Å²) in [5.74, 6) is -0.713. The first kappa shape index (κ1) is 28.7. The third-order valence-corrected chi connectivity index (χ3v) is 6.08. The Bertz CT molecular complexity index is 1320. The molecule has 0 fully saturated rings. The number of hydrogen-bond acceptors (Lipinski definition) is 5. The van der Waals surface area contributed by atoms with Crippen LogP contribution in [0.25, 0.3) is 11.3 Å². The van der Waals surface area contributed by atoms with E-state index in [9.17, 15) is 22.8 Å². The second-order valence-electron chi connectivity index (χ2n) is 9.47. The van der Waals surface area contributed by atoms with Gasteiger partial charge < -0.3 is 14.8 Å². The van der Waals surface area contributed by atoms with Crippen LogP contribution in [0.1, 0.15) is 56.0 Å². The van der Waals surface area contributed by atoms with Gasteiger partial charge in [-0.25, -0.2) is 4.79 Å². The van der Waals surface area contributed by atoms with Crippen LogP contribution in [0.4, 0.5) is 18.9 Å². The highest BCUT2D eigenvalue weighted by atomic mass is 19.4. The molecule has 0 aliphatic carbocycles. The summed E-state index contributed by atoms with van der Waals surface area (Å²) < 4.78 is 49.4. The monoisotopic (exact) mass is 528 g/mol. The fourth-order valence-corrected chi connectivity index (χ4v) is 3.75. The summed E-state index contributed by atoms with van der Waals surface area (Å²) in [6.07, 6.45) is -4.40. The zero-order valence-electron chi connectivity index (χ0n) is 22.2. The third kappa shape index (κ3) is 6.70. The predicted octanol–water partition coefficient (Wildman–Crippen LogP) is 6.85. The van der Waals surface area contributed by atoms with E-state index in [0.717, 1.165) is 23.3 Å². The molecule has 0 saturated carbocycles. The number of aromatic nitrogens is 1. The van der Waals surface area contributed by atoms with Crippen molar-refractivity contribution in [2.24, 2.45) is 0 Å². The largest absolute Gasteiger partial charge is 0.476 e. The Labute approximate surface area is 220 Å². The third-order valence-electron chi connectivity index (χ3n) is 6.08. The summed E-state index contributed by atoms with van der Waals surface area (Å²) in [5.41, 5.74) is 1.70. The topological polar surface area (TPSA) is 77.5 Å². The number of carbonyl (C=O) groups is 2. The van der Waals surface area contributed by atoms with Crippen molar-refractivity contribution in [3.05, 3.63) is 77.0 Å². The fourth-order valence-electron chi connectivity index (χ4n) is 3.75. The molecule has 3 rings (SSSR count). The SMILES string of the molecule is CCOC(=O)C(C)(C)Oc1ccc(C(C)C(=O)Nc2ccc(-c3ccc(C(F)(F)F)cc3)nc2C)cc1C. The first-order valence-corrected chi connectivity index (χ1v) is 12.2. The molecule has 0 aliphatic rings. The van der Waals surface area contributed by atoms with E-state index in [4.69, 9.17) is 9.47 Å². The Morgan fingerprint density at radius 3 is 2.21 bits per heavy atom. The van der Waals surface area contributed by atoms with Gasteiger partial charge in [-0.05, 0) is 83.0 Å². The molecule has 202 valence electrons. The van der Waals surface area contributed by atoms with Crippen LogP contribution in [-0.4, -0.2) is 29.1 Å². The van der Waals surface area contributed by atoms with Crippen molar-refractivity contribution in [3.8, 4) is 17.0 Å². The van der Waals surface area contributed by atoms with Crippen LogP contribution in [-0.2, 0) is 20.5 Å². The molecule has 2 aromatic carbocycles. The molecule has 0 aliphatic heterocycles. The van der Waals surface area contributed by atoms with Gasteiger partial charge in [0.15, 0.2) is 5.60 Å². The van der Waals surface area contributed by atoms with Crippen molar-refractivity contribution in [3.63, 3.8) is 0 Å². The molecule has 0 bridgehead atoms. The highest BCUT2D eigenvalue weighted by molar-refractivity contribution is 5.96. The maximum atomic E-state index is 13.0. The van der Waals surface area contributed by atoms with Crippen molar-refractivity contribution >= 4 is 17.6 Å². The summed E-state index contributed by atoms with van der Waals surface area (Å²) in [6, 6.07) is 13.4. The van der Waals surface area contributed by atoms with Crippen LogP contribution < -0.4 is 10.1 Å². The van der Waals surface area contributed by atoms with Crippen molar-refractivity contribution < 1.29 is 32.2 Å². The zero-order valence-corrected chi connectivity index (χ0v) is 22.2. The number of halogens is 3. The van der Waals surface area contributed by atoms with Crippen molar-refractivity contribution in [2.75, 3.05) is 11.9 Å². The summed E-state index contributed by atoms with van der Waals surface area (Å²) in [4.78, 5) is 29.6. The summed E-state index contributed by atoms with van der Waals surface area (Å²) in [7, 11) is 0. The molecule has 9 heteroatoms. The minimum Gasteiger partial charge on any atom is -0.476 e. The zero-order chi connectivity index (χ0) is 28.3. The highest BCUT2D eigenvalue weighted by Crippen LogP contribution is 2.32. The van der Waals surface area contributed by atoms with Gasteiger partial charge in [0.25, 0.3) is 0 Å². The summed E-state index contributed by atoms with van der Waals surface area (Å²) in [6.45, 7) is 10.6. The lowest BCUT2D eigenvalue weighted by atomic mass is 9.97. The van der Waals surface area contributed by atoms with Gasteiger partial charge >= 0.3 is 12.1 Å². The number of alkyl halides is 3. The van der Waals surface area contributed by atoms with E-state index in [1.54, 1.807) is 58.9 Å². The smallest absolute Gasteiger partial charge is 0.416 e. The normalized spacial score (nSPS) is 12.6. The van der Waals surface area contributed by atoms with E-state index >= 15 is 0 Å². The van der Waals surface area contributed by atoms with E-state index in [0.29, 0.717) is 28.4 Å². The van der Waals surface area contributed by atoms with Crippen LogP contribution in [0.3, 0.4) is 0 Å². The van der Waals surface area contributed by atoms with Crippen molar-refractivity contribution in [1.82, 2.24) is 4.98 Å². The van der Waals surface area contributed by atoms with Gasteiger partial charge in [-0.3, -0.25) is 9.78 Å². The number of ether oxygens (including phenoxy) is 2.